The van der Waals surface area contributed by atoms with Crippen molar-refractivity contribution in [2.75, 3.05) is 125 Å². The van der Waals surface area contributed by atoms with Crippen LogP contribution in [0, 0.1) is 45.8 Å². The number of nitrogens with zero attached hydrogens (tertiary/aromatic N) is 2. The predicted molar refractivity (Wildman–Crippen MR) is 547 cm³/mol. The maximum absolute atomic E-state index is 14.8. The summed E-state index contributed by atoms with van der Waals surface area (Å²) in [5, 5.41) is 32.8. The number of carboxylic acids is 2. The van der Waals surface area contributed by atoms with E-state index in [9.17, 15) is 67.7 Å². The van der Waals surface area contributed by atoms with Crippen molar-refractivity contribution >= 4 is 71.4 Å². The molecule has 0 aromatic rings. The highest BCUT2D eigenvalue weighted by Crippen LogP contribution is 2.50. The average Bonchev–Trinajstić information content (AvgIpc) is 0.759. The Hall–Kier alpha value is -6.52. The Balaban J connectivity index is 0.00000138. The Morgan fingerprint density at radius 2 is 0.616 bits per heavy atom. The molecular formula is C110H202N6O22. The minimum Gasteiger partial charge on any atom is -0.481 e. The third-order valence-corrected chi connectivity index (χ3v) is 27.4. The largest absolute Gasteiger partial charge is 0.481 e. The van der Waals surface area contributed by atoms with E-state index in [4.69, 9.17) is 37.9 Å². The summed E-state index contributed by atoms with van der Waals surface area (Å²) >= 11 is 0. The van der Waals surface area contributed by atoms with Gasteiger partial charge >= 0.3 is 47.8 Å². The molecule has 28 nitrogen and oxygen atoms in total. The number of carboxylic acid groups (broad SMARTS) is 2. The summed E-state index contributed by atoms with van der Waals surface area (Å²) in [4.78, 5) is 163. The normalized spacial score (nSPS) is 14.9. The van der Waals surface area contributed by atoms with Gasteiger partial charge in [0.15, 0.2) is 6.10 Å². The lowest BCUT2D eigenvalue weighted by atomic mass is 9.57. The van der Waals surface area contributed by atoms with Gasteiger partial charge in [0.2, 0.25) is 17.7 Å². The molecule has 2 fully saturated rings. The van der Waals surface area contributed by atoms with Crippen LogP contribution >= 0.6 is 0 Å². The Morgan fingerprint density at radius 3 is 0.957 bits per heavy atom. The number of aliphatic carboxylic acids is 2. The fraction of sp³-hybridized carbons (Fsp3) is 0.891. The average molecular weight is 1960 g/mol. The molecule has 6 N–H and O–H groups in total. The van der Waals surface area contributed by atoms with Crippen LogP contribution in [0.15, 0.2) is 0 Å². The highest BCUT2D eigenvalue weighted by atomic mass is 16.6. The number of nitrogens with one attached hydrogen (secondary N) is 4. The number of esters is 6. The van der Waals surface area contributed by atoms with E-state index in [-0.39, 0.29) is 113 Å². The Kier molecular flexibility index (Phi) is 79.7. The van der Waals surface area contributed by atoms with E-state index < -0.39 is 108 Å². The summed E-state index contributed by atoms with van der Waals surface area (Å²) in [6.45, 7) is 32.2. The molecule has 0 spiro atoms. The highest BCUT2D eigenvalue weighted by molar-refractivity contribution is 5.92. The van der Waals surface area contributed by atoms with Crippen molar-refractivity contribution in [1.29, 1.82) is 0 Å². The number of unbranched alkanes of at least 4 members (excludes halogenated alkanes) is 32. The van der Waals surface area contributed by atoms with Crippen molar-refractivity contribution in [3.8, 4) is 0 Å². The van der Waals surface area contributed by atoms with Crippen molar-refractivity contribution in [2.45, 2.75) is 462 Å². The first-order valence-corrected chi connectivity index (χ1v) is 55.6. The fourth-order valence-corrected chi connectivity index (χ4v) is 18.8. The molecule has 7 unspecified atom stereocenters. The van der Waals surface area contributed by atoms with Crippen LogP contribution < -0.4 is 21.3 Å². The summed E-state index contributed by atoms with van der Waals surface area (Å²) in [6, 6.07) is 0. The van der Waals surface area contributed by atoms with Gasteiger partial charge in [-0.2, -0.15) is 0 Å². The van der Waals surface area contributed by atoms with Crippen LogP contribution in [0.3, 0.4) is 0 Å². The van der Waals surface area contributed by atoms with E-state index in [1.807, 2.05) is 0 Å². The lowest BCUT2D eigenvalue weighted by molar-refractivity contribution is -0.171. The van der Waals surface area contributed by atoms with E-state index in [0.717, 1.165) is 225 Å². The first-order valence-electron chi connectivity index (χ1n) is 55.6. The lowest BCUT2D eigenvalue weighted by Crippen LogP contribution is -2.55. The van der Waals surface area contributed by atoms with E-state index in [1.54, 1.807) is 27.7 Å². The van der Waals surface area contributed by atoms with Crippen LogP contribution in [0.1, 0.15) is 455 Å². The van der Waals surface area contributed by atoms with E-state index >= 15 is 0 Å². The smallest absolute Gasteiger partial charge is 0.317 e. The summed E-state index contributed by atoms with van der Waals surface area (Å²) in [7, 11) is 0. The second kappa shape index (κ2) is 84.9. The molecule has 0 saturated carbocycles. The van der Waals surface area contributed by atoms with Crippen LogP contribution in [-0.4, -0.2) is 222 Å². The lowest BCUT2D eigenvalue weighted by Gasteiger charge is -2.46. The Bertz CT molecular complexity index is 3170. The molecule has 7 atom stereocenters. The van der Waals surface area contributed by atoms with Crippen LogP contribution in [-0.2, 0) is 95.4 Å². The minimum atomic E-state index is -1.86. The molecule has 0 aromatic heterocycles. The van der Waals surface area contributed by atoms with Crippen LogP contribution in [0.5, 0.6) is 0 Å². The van der Waals surface area contributed by atoms with Crippen LogP contribution in [0.25, 0.3) is 0 Å². The zero-order chi connectivity index (χ0) is 102. The quantitative estimate of drug-likeness (QED) is 0.0143. The monoisotopic (exact) mass is 1960 g/mol. The summed E-state index contributed by atoms with van der Waals surface area (Å²) < 4.78 is 44.9. The molecule has 2 saturated heterocycles. The van der Waals surface area contributed by atoms with E-state index in [1.165, 1.54) is 109 Å². The van der Waals surface area contributed by atoms with Gasteiger partial charge in [-0.15, -0.1) is 0 Å². The topological polar surface area (TPSA) is 374 Å². The van der Waals surface area contributed by atoms with Gasteiger partial charge in [-0.1, -0.05) is 353 Å². The summed E-state index contributed by atoms with van der Waals surface area (Å²) in [5.41, 5.74) is -4.45. The molecule has 2 heterocycles. The predicted octanol–water partition coefficient (Wildman–Crippen LogP) is 21.8. The molecule has 804 valence electrons. The third-order valence-electron chi connectivity index (χ3n) is 27.4. The fourth-order valence-electron chi connectivity index (χ4n) is 18.8. The maximum Gasteiger partial charge on any atom is 0.317 e. The number of amides is 4. The first kappa shape index (κ1) is 129. The first-order chi connectivity index (χ1) is 66.5. The van der Waals surface area contributed by atoms with Gasteiger partial charge < -0.3 is 69.4 Å². The molecule has 0 bridgehead atoms. The number of carbonyl (C=O) groups is 12. The zero-order valence-corrected chi connectivity index (χ0v) is 89.4. The van der Waals surface area contributed by atoms with Crippen molar-refractivity contribution < 1.29 is 106 Å². The van der Waals surface area contributed by atoms with Crippen LogP contribution in [0.2, 0.25) is 0 Å². The van der Waals surface area contributed by atoms with Crippen molar-refractivity contribution in [3.05, 3.63) is 0 Å². The number of carbonyl (C=O) groups excluding carboxylic acids is 10. The van der Waals surface area contributed by atoms with Gasteiger partial charge in [-0.05, 0) is 81.5 Å². The van der Waals surface area contributed by atoms with Crippen molar-refractivity contribution in [1.82, 2.24) is 31.1 Å². The molecule has 28 heteroatoms. The number of hydrogen-bond donors (Lipinski definition) is 6. The molecule has 2 rings (SSSR count). The highest BCUT2D eigenvalue weighted by Gasteiger charge is 2.57. The molecule has 0 aromatic carbocycles. The Morgan fingerprint density at radius 1 is 0.319 bits per heavy atom. The van der Waals surface area contributed by atoms with Gasteiger partial charge in [-0.3, -0.25) is 67.3 Å². The molecule has 0 aliphatic carbocycles. The SMILES string of the molecule is CCCCCCCCC(CCCCCC)COC(=O)CC(=O)OCC(C)(C)C(C(=O)NCCC(=O)NCCN1CCOCC1)C(CCC(=O)O)(CC(CCCCCC)CCCCCCCC)C(=O)O.CCCCCCCCC(CCCCCC)COC(=O)CCCC(=O)OC(C(=O)NCCC(=O)NCCN1CCOCC1)C(C)(C)COC(=O)CC(=O)OCC(CCCCCC)CCCCCCCC. The zero-order valence-electron chi connectivity index (χ0n) is 89.4. The summed E-state index contributed by atoms with van der Waals surface area (Å²) in [5.74, 6) is -9.06. The molecule has 4 amide bonds. The second-order valence-corrected chi connectivity index (χ2v) is 41.2. The molecule has 138 heavy (non-hydrogen) atoms. The molecular weight excluding hydrogens is 1760 g/mol. The Labute approximate surface area is 836 Å². The van der Waals surface area contributed by atoms with E-state index in [0.29, 0.717) is 65.1 Å². The third kappa shape index (κ3) is 67.9. The van der Waals surface area contributed by atoms with Crippen LogP contribution in [0.4, 0.5) is 0 Å². The van der Waals surface area contributed by atoms with Crippen molar-refractivity contribution in [3.63, 3.8) is 0 Å². The molecule has 2 aliphatic heterocycles. The molecule has 0 radical (unpaired) electrons. The second-order valence-electron chi connectivity index (χ2n) is 41.2. The number of hydrogen-bond acceptors (Lipinski definition) is 22. The van der Waals surface area contributed by atoms with Gasteiger partial charge in [0, 0.05) is 108 Å². The molecule has 2 aliphatic rings. The van der Waals surface area contributed by atoms with Gasteiger partial charge in [-0.25, -0.2) is 0 Å². The van der Waals surface area contributed by atoms with Gasteiger partial charge in [0.1, 0.15) is 19.4 Å². The van der Waals surface area contributed by atoms with Gasteiger partial charge in [0.05, 0.1) is 64.2 Å². The number of rotatable bonds is 90. The van der Waals surface area contributed by atoms with Gasteiger partial charge in [0.25, 0.3) is 5.91 Å². The van der Waals surface area contributed by atoms with E-state index in [2.05, 4.69) is 86.5 Å². The maximum atomic E-state index is 14.8. The summed E-state index contributed by atoms with van der Waals surface area (Å²) in [6.07, 6.45) is 49.7. The standard InChI is InChI=1S/2C55H101N3O11/c1-7-11-15-19-21-25-30-46(28-23-17-13-9-3)43-66-49(60)32-27-33-50(61)69-53(54(64)57-35-34-48(59)56-36-37-58-38-40-65-41-39-58)55(5,6)45-68-52(63)42-51(62)67-44-47(29-24-18-14-10-4)31-26-22-20-16-12-8-2;1-7-11-15-19-21-25-28-45(27-23-17-13-9-3)42-55(53(65)66,33-31-48(60)61)51(52(64)57-34-32-47(59)56-35-36-58-37-39-67-40-38-58)54(5,6)44-69-50(63)41-49(62)68-43-46(29-24-18-14-10-4)30-26-22-20-16-12-8-2/h46-47,53H,7-45H2,1-6H3,(H,56,59)(H,57,64);45-46,51H,7-44H2,1-6H3,(H,56,59)(H,57,64)(H,60,61)(H,65,66). The number of morpholine rings is 2. The minimum absolute atomic E-state index is 0.00622. The van der Waals surface area contributed by atoms with Crippen molar-refractivity contribution in [2.24, 2.45) is 45.8 Å². The number of ether oxygens (including phenoxy) is 8.